The van der Waals surface area contributed by atoms with Crippen LogP contribution in [-0.2, 0) is 0 Å². The van der Waals surface area contributed by atoms with Crippen LogP contribution in [0.4, 0.5) is 5.82 Å². The van der Waals surface area contributed by atoms with Gasteiger partial charge in [-0.25, -0.2) is 9.67 Å². The lowest BCUT2D eigenvalue weighted by Gasteiger charge is -2.03. The Balaban J connectivity index is 1.56. The number of carbonyl (C=O) groups is 1. The lowest BCUT2D eigenvalue weighted by atomic mass is 10.1. The van der Waals surface area contributed by atoms with Gasteiger partial charge in [-0.1, -0.05) is 42.0 Å². The Hall–Kier alpha value is -3.25. The summed E-state index contributed by atoms with van der Waals surface area (Å²) in [7, 11) is 0. The first-order valence-corrected chi connectivity index (χ1v) is 9.80. The van der Waals surface area contributed by atoms with Crippen LogP contribution in [0, 0.1) is 20.8 Å². The zero-order chi connectivity index (χ0) is 19.7. The third-order valence-electron chi connectivity index (χ3n) is 4.47. The zero-order valence-corrected chi connectivity index (χ0v) is 16.7. The highest BCUT2D eigenvalue weighted by Gasteiger charge is 2.18. The van der Waals surface area contributed by atoms with Crippen LogP contribution in [0.25, 0.3) is 16.3 Å². The van der Waals surface area contributed by atoms with E-state index in [0.717, 1.165) is 27.5 Å². The van der Waals surface area contributed by atoms with Gasteiger partial charge in [0.1, 0.15) is 9.88 Å². The normalized spacial score (nSPS) is 10.8. The Bertz CT molecular complexity index is 1140. The van der Waals surface area contributed by atoms with E-state index in [-0.39, 0.29) is 5.91 Å². The van der Waals surface area contributed by atoms with Crippen molar-refractivity contribution in [1.82, 2.24) is 14.8 Å². The average Bonchev–Trinajstić information content (AvgIpc) is 3.29. The summed E-state index contributed by atoms with van der Waals surface area (Å²) in [6.07, 6.45) is 1.82. The fourth-order valence-electron chi connectivity index (χ4n) is 3.06. The molecule has 4 aromatic rings. The van der Waals surface area contributed by atoms with E-state index in [0.29, 0.717) is 10.7 Å². The Labute approximate surface area is 167 Å². The Morgan fingerprint density at radius 1 is 1.04 bits per heavy atom. The summed E-state index contributed by atoms with van der Waals surface area (Å²) in [6.45, 7) is 5.99. The minimum atomic E-state index is -0.190. The van der Waals surface area contributed by atoms with Crippen molar-refractivity contribution in [1.29, 1.82) is 0 Å². The van der Waals surface area contributed by atoms with E-state index in [2.05, 4.69) is 47.4 Å². The van der Waals surface area contributed by atoms with E-state index in [1.165, 1.54) is 16.9 Å². The molecule has 2 aromatic carbocycles. The van der Waals surface area contributed by atoms with Crippen LogP contribution in [0.15, 0.2) is 60.8 Å². The highest BCUT2D eigenvalue weighted by atomic mass is 32.1. The minimum absolute atomic E-state index is 0.190. The van der Waals surface area contributed by atoms with Crippen molar-refractivity contribution in [2.45, 2.75) is 20.8 Å². The second-order valence-electron chi connectivity index (χ2n) is 6.69. The van der Waals surface area contributed by atoms with Gasteiger partial charge in [0.25, 0.3) is 5.91 Å². The molecule has 0 aliphatic heterocycles. The van der Waals surface area contributed by atoms with Crippen LogP contribution in [0.5, 0.6) is 0 Å². The largest absolute Gasteiger partial charge is 0.304 e. The number of benzene rings is 2. The SMILES string of the molecule is Cc1ccc(-c2nc(C)c(C(=O)Nc3ccn(-c4ccccc4)n3)s2)c(C)c1. The molecule has 2 aromatic heterocycles. The lowest BCUT2D eigenvalue weighted by molar-refractivity contribution is 0.102. The number of rotatable bonds is 4. The van der Waals surface area contributed by atoms with E-state index < -0.39 is 0 Å². The molecule has 28 heavy (non-hydrogen) atoms. The third kappa shape index (κ3) is 3.59. The van der Waals surface area contributed by atoms with Crippen LogP contribution in [-0.4, -0.2) is 20.7 Å². The monoisotopic (exact) mass is 388 g/mol. The molecule has 0 aliphatic carbocycles. The van der Waals surface area contributed by atoms with Crippen molar-refractivity contribution in [2.24, 2.45) is 0 Å². The van der Waals surface area contributed by atoms with Gasteiger partial charge in [0.15, 0.2) is 5.82 Å². The molecule has 6 heteroatoms. The number of thiazole rings is 1. The van der Waals surface area contributed by atoms with Crippen molar-refractivity contribution in [3.8, 4) is 16.3 Å². The number of anilines is 1. The second-order valence-corrected chi connectivity index (χ2v) is 7.69. The summed E-state index contributed by atoms with van der Waals surface area (Å²) in [6, 6.07) is 17.8. The smallest absolute Gasteiger partial charge is 0.268 e. The number of carbonyl (C=O) groups excluding carboxylic acids is 1. The molecule has 0 saturated heterocycles. The van der Waals surface area contributed by atoms with Gasteiger partial charge in [-0.05, 0) is 38.5 Å². The first-order valence-electron chi connectivity index (χ1n) is 8.99. The minimum Gasteiger partial charge on any atom is -0.304 e. The van der Waals surface area contributed by atoms with Gasteiger partial charge in [0.05, 0.1) is 11.4 Å². The molecule has 0 atom stereocenters. The van der Waals surface area contributed by atoms with Crippen molar-refractivity contribution < 1.29 is 4.79 Å². The maximum Gasteiger partial charge on any atom is 0.268 e. The molecule has 0 radical (unpaired) electrons. The van der Waals surface area contributed by atoms with Crippen LogP contribution < -0.4 is 5.32 Å². The fourth-order valence-corrected chi connectivity index (χ4v) is 4.12. The maximum absolute atomic E-state index is 12.8. The third-order valence-corrected chi connectivity index (χ3v) is 5.66. The van der Waals surface area contributed by atoms with Gasteiger partial charge >= 0.3 is 0 Å². The van der Waals surface area contributed by atoms with E-state index in [4.69, 9.17) is 0 Å². The Morgan fingerprint density at radius 3 is 2.57 bits per heavy atom. The molecule has 0 bridgehead atoms. The molecule has 0 spiro atoms. The number of amides is 1. The zero-order valence-electron chi connectivity index (χ0n) is 15.9. The molecule has 5 nitrogen and oxygen atoms in total. The molecule has 2 heterocycles. The van der Waals surface area contributed by atoms with Crippen molar-refractivity contribution in [3.05, 3.63) is 82.5 Å². The number of nitrogens with one attached hydrogen (secondary N) is 1. The van der Waals surface area contributed by atoms with Gasteiger partial charge in [0.2, 0.25) is 0 Å². The summed E-state index contributed by atoms with van der Waals surface area (Å²) in [5.41, 5.74) is 5.09. The number of nitrogens with zero attached hydrogens (tertiary/aromatic N) is 3. The van der Waals surface area contributed by atoms with E-state index in [1.807, 2.05) is 43.5 Å². The fraction of sp³-hybridized carbons (Fsp3) is 0.136. The van der Waals surface area contributed by atoms with Crippen molar-refractivity contribution in [2.75, 3.05) is 5.32 Å². The average molecular weight is 388 g/mol. The quantitative estimate of drug-likeness (QED) is 0.524. The number of hydrogen-bond donors (Lipinski definition) is 1. The lowest BCUT2D eigenvalue weighted by Crippen LogP contribution is -2.12. The van der Waals surface area contributed by atoms with Crippen molar-refractivity contribution >= 4 is 23.1 Å². The van der Waals surface area contributed by atoms with Gasteiger partial charge in [-0.2, -0.15) is 5.10 Å². The molecule has 1 amide bonds. The van der Waals surface area contributed by atoms with Gasteiger partial charge in [-0.3, -0.25) is 4.79 Å². The molecule has 1 N–H and O–H groups in total. The molecule has 4 rings (SSSR count). The summed E-state index contributed by atoms with van der Waals surface area (Å²) in [5.74, 6) is 0.319. The second kappa shape index (κ2) is 7.40. The van der Waals surface area contributed by atoms with Crippen LogP contribution >= 0.6 is 11.3 Å². The molecule has 0 aliphatic rings. The standard InChI is InChI=1S/C22H20N4OS/c1-14-9-10-18(15(2)13-14)22-23-16(3)20(28-22)21(27)24-19-11-12-26(25-19)17-7-5-4-6-8-17/h4-13H,1-3H3,(H,24,25,27). The summed E-state index contributed by atoms with van der Waals surface area (Å²) < 4.78 is 1.73. The molecule has 0 saturated carbocycles. The first kappa shape index (κ1) is 18.1. The van der Waals surface area contributed by atoms with Crippen molar-refractivity contribution in [3.63, 3.8) is 0 Å². The molecule has 0 unspecified atom stereocenters. The van der Waals surface area contributed by atoms with E-state index in [1.54, 1.807) is 10.7 Å². The van der Waals surface area contributed by atoms with Gasteiger partial charge in [-0.15, -0.1) is 11.3 Å². The van der Waals surface area contributed by atoms with Crippen LogP contribution in [0.2, 0.25) is 0 Å². The Morgan fingerprint density at radius 2 is 1.82 bits per heavy atom. The topological polar surface area (TPSA) is 59.8 Å². The maximum atomic E-state index is 12.8. The summed E-state index contributed by atoms with van der Waals surface area (Å²) >= 11 is 1.41. The Kier molecular flexibility index (Phi) is 4.79. The first-order chi connectivity index (χ1) is 13.5. The van der Waals surface area contributed by atoms with E-state index in [9.17, 15) is 4.79 Å². The number of aromatic nitrogens is 3. The van der Waals surface area contributed by atoms with Crippen LogP contribution in [0.1, 0.15) is 26.5 Å². The molecule has 0 fully saturated rings. The summed E-state index contributed by atoms with van der Waals surface area (Å²) in [5, 5.41) is 8.17. The highest BCUT2D eigenvalue weighted by molar-refractivity contribution is 7.17. The number of para-hydroxylation sites is 1. The number of aryl methyl sites for hydroxylation is 3. The molecular weight excluding hydrogens is 368 g/mol. The number of hydrogen-bond acceptors (Lipinski definition) is 4. The van der Waals surface area contributed by atoms with Crippen LogP contribution in [0.3, 0.4) is 0 Å². The molecule has 140 valence electrons. The summed E-state index contributed by atoms with van der Waals surface area (Å²) in [4.78, 5) is 18.0. The molecular formula is C22H20N4OS. The highest BCUT2D eigenvalue weighted by Crippen LogP contribution is 2.31. The predicted octanol–water partition coefficient (Wildman–Crippen LogP) is 5.17. The predicted molar refractivity (Wildman–Crippen MR) is 113 cm³/mol. The van der Waals surface area contributed by atoms with E-state index >= 15 is 0 Å². The van der Waals surface area contributed by atoms with Gasteiger partial charge < -0.3 is 5.32 Å². The van der Waals surface area contributed by atoms with Gasteiger partial charge in [0, 0.05) is 17.8 Å².